The highest BCUT2D eigenvalue weighted by molar-refractivity contribution is 7.53. The molecule has 0 saturated heterocycles. The van der Waals surface area contributed by atoms with Crippen LogP contribution in [0.25, 0.3) is 0 Å². The quantitative estimate of drug-likeness (QED) is 0.803. The SMILES string of the molecule is COc1ccc(C(O)P(=O)(OC)OC)cc1OC. The molecule has 18 heavy (non-hydrogen) atoms. The molecule has 0 aliphatic carbocycles. The summed E-state index contributed by atoms with van der Waals surface area (Å²) in [6, 6.07) is 4.69. The van der Waals surface area contributed by atoms with Crippen LogP contribution in [0.1, 0.15) is 11.4 Å². The summed E-state index contributed by atoms with van der Waals surface area (Å²) < 4.78 is 31.7. The molecule has 1 N–H and O–H groups in total. The Kier molecular flexibility index (Phi) is 5.16. The van der Waals surface area contributed by atoms with Crippen LogP contribution >= 0.6 is 7.60 Å². The highest BCUT2D eigenvalue weighted by Crippen LogP contribution is 2.58. The Bertz CT molecular complexity index is 439. The fraction of sp³-hybridized carbons (Fsp3) is 0.455. The van der Waals surface area contributed by atoms with Crippen LogP contribution in [0.5, 0.6) is 11.5 Å². The number of ether oxygens (including phenoxy) is 2. The fourth-order valence-corrected chi connectivity index (χ4v) is 2.54. The zero-order chi connectivity index (χ0) is 13.8. The largest absolute Gasteiger partial charge is 0.493 e. The van der Waals surface area contributed by atoms with Gasteiger partial charge in [-0.05, 0) is 17.7 Å². The lowest BCUT2D eigenvalue weighted by Gasteiger charge is -2.20. The molecule has 0 spiro atoms. The Labute approximate surface area is 106 Å². The van der Waals surface area contributed by atoms with Gasteiger partial charge in [0.15, 0.2) is 17.3 Å². The first-order chi connectivity index (χ1) is 8.52. The molecule has 7 heteroatoms. The molecule has 6 nitrogen and oxygen atoms in total. The van der Waals surface area contributed by atoms with Crippen molar-refractivity contribution in [3.05, 3.63) is 23.8 Å². The maximum absolute atomic E-state index is 12.0. The maximum Gasteiger partial charge on any atom is 0.362 e. The summed E-state index contributed by atoms with van der Waals surface area (Å²) in [5.74, 6) is -0.446. The van der Waals surface area contributed by atoms with E-state index in [2.05, 4.69) is 0 Å². The van der Waals surface area contributed by atoms with E-state index in [1.165, 1.54) is 34.5 Å². The average Bonchev–Trinajstić information content (AvgIpc) is 2.44. The van der Waals surface area contributed by atoms with Gasteiger partial charge >= 0.3 is 7.60 Å². The Morgan fingerprint density at radius 2 is 1.61 bits per heavy atom. The van der Waals surface area contributed by atoms with Crippen LogP contribution in [0.2, 0.25) is 0 Å². The molecule has 0 aliphatic heterocycles. The third-order valence-electron chi connectivity index (χ3n) is 2.51. The number of aliphatic hydroxyl groups is 1. The van der Waals surface area contributed by atoms with Crippen molar-refractivity contribution in [2.45, 2.75) is 5.85 Å². The second-order valence-electron chi connectivity index (χ2n) is 3.39. The number of benzene rings is 1. The summed E-state index contributed by atoms with van der Waals surface area (Å²) in [7, 11) is 1.82. The summed E-state index contributed by atoms with van der Waals surface area (Å²) in [6.45, 7) is 0. The highest BCUT2D eigenvalue weighted by atomic mass is 31.2. The number of hydrogen-bond acceptors (Lipinski definition) is 6. The van der Waals surface area contributed by atoms with Gasteiger partial charge in [-0.3, -0.25) is 4.57 Å². The van der Waals surface area contributed by atoms with Crippen LogP contribution in [0, 0.1) is 0 Å². The molecule has 0 fully saturated rings. The molecule has 0 heterocycles. The monoisotopic (exact) mass is 276 g/mol. The van der Waals surface area contributed by atoms with E-state index in [4.69, 9.17) is 18.5 Å². The van der Waals surface area contributed by atoms with Crippen LogP contribution < -0.4 is 9.47 Å². The molecule has 1 atom stereocenters. The number of rotatable bonds is 6. The molecule has 1 aromatic carbocycles. The summed E-state index contributed by atoms with van der Waals surface area (Å²) >= 11 is 0. The lowest BCUT2D eigenvalue weighted by Crippen LogP contribution is -2.03. The summed E-state index contributed by atoms with van der Waals surface area (Å²) in [6.07, 6.45) is 0. The van der Waals surface area contributed by atoms with Crippen LogP contribution in [0.4, 0.5) is 0 Å². The summed E-state index contributed by atoms with van der Waals surface area (Å²) in [5, 5.41) is 10.0. The zero-order valence-corrected chi connectivity index (χ0v) is 11.6. The van der Waals surface area contributed by atoms with Gasteiger partial charge in [0.2, 0.25) is 0 Å². The van der Waals surface area contributed by atoms with Gasteiger partial charge in [0.25, 0.3) is 0 Å². The third-order valence-corrected chi connectivity index (χ3v) is 4.43. The summed E-state index contributed by atoms with van der Waals surface area (Å²) in [5.41, 5.74) is 0.361. The molecule has 0 aliphatic rings. The molecule has 0 amide bonds. The van der Waals surface area contributed by atoms with E-state index in [0.29, 0.717) is 17.1 Å². The molecule has 0 bridgehead atoms. The van der Waals surface area contributed by atoms with Crippen LogP contribution in [0.3, 0.4) is 0 Å². The van der Waals surface area contributed by atoms with Crippen molar-refractivity contribution < 1.29 is 28.2 Å². The van der Waals surface area contributed by atoms with Gasteiger partial charge in [0, 0.05) is 14.2 Å². The number of aliphatic hydroxyl groups excluding tert-OH is 1. The number of methoxy groups -OCH3 is 2. The van der Waals surface area contributed by atoms with E-state index in [1.807, 2.05) is 0 Å². The standard InChI is InChI=1S/C11H17O6P/c1-14-9-6-5-8(7-10(9)15-2)11(12)18(13,16-3)17-4/h5-7,11-12H,1-4H3. The van der Waals surface area contributed by atoms with Crippen molar-refractivity contribution in [3.8, 4) is 11.5 Å². The minimum absolute atomic E-state index is 0.361. The van der Waals surface area contributed by atoms with Crippen molar-refractivity contribution >= 4 is 7.60 Å². The van der Waals surface area contributed by atoms with Gasteiger partial charge < -0.3 is 23.6 Å². The van der Waals surface area contributed by atoms with E-state index in [1.54, 1.807) is 12.1 Å². The zero-order valence-electron chi connectivity index (χ0n) is 10.7. The predicted octanol–water partition coefficient (Wildman–Crippen LogP) is 2.18. The molecule has 0 saturated carbocycles. The first kappa shape index (κ1) is 15.0. The topological polar surface area (TPSA) is 74.2 Å². The summed E-state index contributed by atoms with van der Waals surface area (Å²) in [4.78, 5) is 0. The molecule has 1 aromatic rings. The first-order valence-electron chi connectivity index (χ1n) is 5.13. The predicted molar refractivity (Wildman–Crippen MR) is 66.1 cm³/mol. The highest BCUT2D eigenvalue weighted by Gasteiger charge is 2.34. The van der Waals surface area contributed by atoms with E-state index in [9.17, 15) is 9.67 Å². The third kappa shape index (κ3) is 2.84. The van der Waals surface area contributed by atoms with Gasteiger partial charge in [-0.15, -0.1) is 0 Å². The molecule has 1 unspecified atom stereocenters. The number of hydrogen-bond donors (Lipinski definition) is 1. The molecular weight excluding hydrogens is 259 g/mol. The first-order valence-corrected chi connectivity index (χ1v) is 6.74. The second-order valence-corrected chi connectivity index (χ2v) is 5.69. The van der Waals surface area contributed by atoms with Crippen LogP contribution in [-0.4, -0.2) is 33.5 Å². The Hall–Kier alpha value is -1.07. The van der Waals surface area contributed by atoms with Crippen LogP contribution in [0.15, 0.2) is 18.2 Å². The van der Waals surface area contributed by atoms with Crippen molar-refractivity contribution in [1.29, 1.82) is 0 Å². The smallest absolute Gasteiger partial charge is 0.362 e. The van der Waals surface area contributed by atoms with Crippen molar-refractivity contribution in [2.24, 2.45) is 0 Å². The lowest BCUT2D eigenvalue weighted by atomic mass is 10.2. The Morgan fingerprint density at radius 3 is 2.06 bits per heavy atom. The molecule has 102 valence electrons. The van der Waals surface area contributed by atoms with Gasteiger partial charge in [0.05, 0.1) is 14.2 Å². The van der Waals surface area contributed by atoms with E-state index in [-0.39, 0.29) is 0 Å². The van der Waals surface area contributed by atoms with E-state index in [0.717, 1.165) is 0 Å². The average molecular weight is 276 g/mol. The Balaban J connectivity index is 3.14. The van der Waals surface area contributed by atoms with E-state index >= 15 is 0 Å². The fourth-order valence-electron chi connectivity index (χ4n) is 1.47. The second kappa shape index (κ2) is 6.20. The van der Waals surface area contributed by atoms with Gasteiger partial charge in [-0.25, -0.2) is 0 Å². The molecular formula is C11H17O6P. The minimum atomic E-state index is -3.59. The van der Waals surface area contributed by atoms with Crippen molar-refractivity contribution in [1.82, 2.24) is 0 Å². The minimum Gasteiger partial charge on any atom is -0.493 e. The van der Waals surface area contributed by atoms with Gasteiger partial charge in [0.1, 0.15) is 0 Å². The van der Waals surface area contributed by atoms with Crippen LogP contribution in [-0.2, 0) is 13.6 Å². The van der Waals surface area contributed by atoms with Crippen molar-refractivity contribution in [3.63, 3.8) is 0 Å². The van der Waals surface area contributed by atoms with Crippen molar-refractivity contribution in [2.75, 3.05) is 28.4 Å². The normalized spacial score (nSPS) is 13.2. The lowest BCUT2D eigenvalue weighted by molar-refractivity contribution is 0.175. The molecule has 0 aromatic heterocycles. The molecule has 1 rings (SSSR count). The van der Waals surface area contributed by atoms with Gasteiger partial charge in [-0.1, -0.05) is 6.07 Å². The van der Waals surface area contributed by atoms with Gasteiger partial charge in [-0.2, -0.15) is 0 Å². The molecule has 0 radical (unpaired) electrons. The van der Waals surface area contributed by atoms with E-state index < -0.39 is 13.4 Å². The Morgan fingerprint density at radius 1 is 1.06 bits per heavy atom. The maximum atomic E-state index is 12.0.